The number of carbonyl (C=O) groups is 1. The van der Waals surface area contributed by atoms with Crippen molar-refractivity contribution in [3.63, 3.8) is 0 Å². The van der Waals surface area contributed by atoms with E-state index in [-0.39, 0.29) is 5.91 Å². The molecule has 0 aliphatic carbocycles. The first-order chi connectivity index (χ1) is 16.9. The molecule has 4 atom stereocenters. The number of carbonyl (C=O) groups excluding carboxylic acids is 1. The summed E-state index contributed by atoms with van der Waals surface area (Å²) in [6.45, 7) is 4.36. The van der Waals surface area contributed by atoms with Gasteiger partial charge in [-0.3, -0.25) is 14.0 Å². The van der Waals surface area contributed by atoms with Gasteiger partial charge in [-0.25, -0.2) is 15.0 Å². The largest absolute Gasteiger partial charge is 0.388 e. The van der Waals surface area contributed by atoms with Crippen molar-refractivity contribution in [3.8, 4) is 0 Å². The molecule has 4 aromatic rings. The van der Waals surface area contributed by atoms with Gasteiger partial charge in [-0.15, -0.1) is 5.10 Å². The van der Waals surface area contributed by atoms with E-state index in [4.69, 9.17) is 4.74 Å². The first-order valence-electron chi connectivity index (χ1n) is 11.5. The minimum absolute atomic E-state index is 0.292. The van der Waals surface area contributed by atoms with Crippen LogP contribution in [-0.4, -0.2) is 69.6 Å². The van der Waals surface area contributed by atoms with Crippen molar-refractivity contribution in [2.45, 2.75) is 44.2 Å². The number of amides is 1. The predicted molar refractivity (Wildman–Crippen MR) is 126 cm³/mol. The van der Waals surface area contributed by atoms with Crippen LogP contribution in [0.4, 0.5) is 11.8 Å². The van der Waals surface area contributed by atoms with Crippen LogP contribution in [0.3, 0.4) is 0 Å². The van der Waals surface area contributed by atoms with Crippen LogP contribution in [0.1, 0.15) is 35.8 Å². The number of rotatable bonds is 5. The minimum atomic E-state index is -0.767. The van der Waals surface area contributed by atoms with Gasteiger partial charge < -0.3 is 20.1 Å². The monoisotopic (exact) mass is 475 g/mol. The van der Waals surface area contributed by atoms with Gasteiger partial charge in [0.05, 0.1) is 12.9 Å². The summed E-state index contributed by atoms with van der Waals surface area (Å²) in [5, 5.41) is 18.6. The van der Waals surface area contributed by atoms with Crippen molar-refractivity contribution in [1.29, 1.82) is 0 Å². The second kappa shape index (κ2) is 7.82. The molecule has 12 nitrogen and oxygen atoms in total. The molecular formula is C23H25N9O3. The molecule has 180 valence electrons. The molecule has 1 aromatic carbocycles. The number of aliphatic hydroxyl groups excluding tert-OH is 1. The molecule has 2 N–H and O–H groups in total. The quantitative estimate of drug-likeness (QED) is 0.439. The summed E-state index contributed by atoms with van der Waals surface area (Å²) in [6.07, 6.45) is 2.26. The molecule has 6 rings (SSSR count). The van der Waals surface area contributed by atoms with Crippen LogP contribution in [0, 0.1) is 6.92 Å². The maximum atomic E-state index is 12.7. The fraction of sp³-hybridized carbons (Fsp3) is 0.391. The summed E-state index contributed by atoms with van der Waals surface area (Å²) >= 11 is 0. The Morgan fingerprint density at radius 1 is 1.26 bits per heavy atom. The highest BCUT2D eigenvalue weighted by atomic mass is 16.6. The van der Waals surface area contributed by atoms with Gasteiger partial charge in [0.1, 0.15) is 29.9 Å². The fourth-order valence-electron chi connectivity index (χ4n) is 4.99. The average molecular weight is 476 g/mol. The Balaban J connectivity index is 1.37. The minimum Gasteiger partial charge on any atom is -0.388 e. The van der Waals surface area contributed by atoms with Gasteiger partial charge in [0.15, 0.2) is 23.2 Å². The van der Waals surface area contributed by atoms with Gasteiger partial charge in [-0.05, 0) is 25.5 Å². The smallest absolute Gasteiger partial charge is 0.256 e. The summed E-state index contributed by atoms with van der Waals surface area (Å²) < 4.78 is 9.95. The second-order valence-corrected chi connectivity index (χ2v) is 8.94. The van der Waals surface area contributed by atoms with Crippen molar-refractivity contribution in [3.05, 3.63) is 54.4 Å². The van der Waals surface area contributed by atoms with Gasteiger partial charge in [0, 0.05) is 12.6 Å². The van der Waals surface area contributed by atoms with E-state index >= 15 is 0 Å². The van der Waals surface area contributed by atoms with Crippen molar-refractivity contribution < 1.29 is 14.6 Å². The zero-order valence-corrected chi connectivity index (χ0v) is 19.5. The lowest BCUT2D eigenvalue weighted by molar-refractivity contribution is -0.104. The predicted octanol–water partition coefficient (Wildman–Crippen LogP) is 1.44. The van der Waals surface area contributed by atoms with Crippen LogP contribution in [0.2, 0.25) is 0 Å². The summed E-state index contributed by atoms with van der Waals surface area (Å²) in [6, 6.07) is 8.45. The third-order valence-corrected chi connectivity index (χ3v) is 7.03. The highest BCUT2D eigenvalue weighted by molar-refractivity contribution is 6.06. The van der Waals surface area contributed by atoms with E-state index in [9.17, 15) is 9.90 Å². The summed E-state index contributed by atoms with van der Waals surface area (Å²) in [5.74, 6) is 1.34. The van der Waals surface area contributed by atoms with Crippen molar-refractivity contribution >= 4 is 28.8 Å². The first kappa shape index (κ1) is 21.6. The lowest BCUT2D eigenvalue weighted by atomic mass is 9.96. The summed E-state index contributed by atoms with van der Waals surface area (Å²) in [7, 11) is 1.84. The van der Waals surface area contributed by atoms with E-state index in [0.29, 0.717) is 41.5 Å². The highest BCUT2D eigenvalue weighted by Crippen LogP contribution is 2.49. The van der Waals surface area contributed by atoms with Gasteiger partial charge >= 0.3 is 0 Å². The Labute approximate surface area is 200 Å². The Hall–Kier alpha value is -3.90. The molecular weight excluding hydrogens is 450 g/mol. The molecule has 12 heteroatoms. The number of hydrogen-bond donors (Lipinski definition) is 2. The second-order valence-electron chi connectivity index (χ2n) is 8.94. The van der Waals surface area contributed by atoms with E-state index in [2.05, 4.69) is 30.4 Å². The van der Waals surface area contributed by atoms with E-state index < -0.39 is 24.0 Å². The number of aryl methyl sites for hydroxylation is 2. The zero-order valence-electron chi connectivity index (χ0n) is 19.5. The SMILES string of the molecule is CC[C@@]12CN(c3nc(C)n(C)n3)[C@@H]([C@H](n3cnc4c(NC(=O)c5ccccc5)ncnc43)O1)[C@@H]2O. The standard InChI is InChI=1S/C23H25N9O3/c1-4-23-10-31(22-27-13(2)30(3)29-22)16(17(23)33)21(35-23)32-12-26-15-18(24-11-25-19(15)32)28-20(34)14-8-6-5-7-9-14/h5-9,11-12,16-17,21,33H,4,10H2,1-3H3,(H,24,25,28,34)/t16-,17+,21-,23+/m1/s1. The number of ether oxygens (including phenoxy) is 1. The normalized spacial score (nSPS) is 25.5. The van der Waals surface area contributed by atoms with Crippen LogP contribution in [-0.2, 0) is 11.8 Å². The van der Waals surface area contributed by atoms with E-state index in [0.717, 1.165) is 5.82 Å². The van der Waals surface area contributed by atoms with E-state index in [1.165, 1.54) is 6.33 Å². The number of benzene rings is 1. The molecule has 2 bridgehead atoms. The molecule has 0 spiro atoms. The number of aliphatic hydroxyl groups is 1. The molecule has 0 saturated carbocycles. The maximum Gasteiger partial charge on any atom is 0.256 e. The number of nitrogens with one attached hydrogen (secondary N) is 1. The van der Waals surface area contributed by atoms with Crippen LogP contribution < -0.4 is 10.2 Å². The Morgan fingerprint density at radius 2 is 2.06 bits per heavy atom. The topological polar surface area (TPSA) is 136 Å². The van der Waals surface area contributed by atoms with Gasteiger partial charge in [0.2, 0.25) is 5.95 Å². The first-order valence-corrected chi connectivity index (χ1v) is 11.5. The molecule has 2 aliphatic heterocycles. The van der Waals surface area contributed by atoms with Crippen LogP contribution >= 0.6 is 0 Å². The number of anilines is 2. The van der Waals surface area contributed by atoms with Crippen molar-refractivity contribution in [1.82, 2.24) is 34.3 Å². The fourth-order valence-corrected chi connectivity index (χ4v) is 4.99. The molecule has 1 amide bonds. The number of fused-ring (bicyclic) bond motifs is 3. The third-order valence-electron chi connectivity index (χ3n) is 7.03. The molecule has 5 heterocycles. The number of hydrogen-bond acceptors (Lipinski definition) is 9. The molecule has 35 heavy (non-hydrogen) atoms. The van der Waals surface area contributed by atoms with Crippen molar-refractivity contribution in [2.75, 3.05) is 16.8 Å². The Morgan fingerprint density at radius 3 is 2.74 bits per heavy atom. The molecule has 0 radical (unpaired) electrons. The van der Waals surface area contributed by atoms with Gasteiger partial charge in [0.25, 0.3) is 5.91 Å². The van der Waals surface area contributed by atoms with Crippen LogP contribution in [0.15, 0.2) is 43.0 Å². The van der Waals surface area contributed by atoms with Gasteiger partial charge in [-0.1, -0.05) is 25.1 Å². The Bertz CT molecular complexity index is 1400. The Kier molecular flexibility index (Phi) is 4.83. The lowest BCUT2D eigenvalue weighted by Gasteiger charge is -2.36. The van der Waals surface area contributed by atoms with Crippen LogP contribution in [0.5, 0.6) is 0 Å². The number of aromatic nitrogens is 7. The van der Waals surface area contributed by atoms with Crippen molar-refractivity contribution in [2.24, 2.45) is 7.05 Å². The molecule has 2 fully saturated rings. The average Bonchev–Trinajstić information content (AvgIpc) is 3.60. The van der Waals surface area contributed by atoms with Crippen LogP contribution in [0.25, 0.3) is 11.2 Å². The number of imidazole rings is 1. The van der Waals surface area contributed by atoms with E-state index in [1.54, 1.807) is 39.8 Å². The number of nitrogens with zero attached hydrogens (tertiary/aromatic N) is 8. The summed E-state index contributed by atoms with van der Waals surface area (Å²) in [4.78, 5) is 32.4. The third kappa shape index (κ3) is 3.21. The van der Waals surface area contributed by atoms with Gasteiger partial charge in [-0.2, -0.15) is 4.98 Å². The molecule has 3 aromatic heterocycles. The molecule has 2 saturated heterocycles. The molecule has 2 aliphatic rings. The number of morpholine rings is 1. The zero-order chi connectivity index (χ0) is 24.3. The highest BCUT2D eigenvalue weighted by Gasteiger charge is 2.64. The molecule has 0 unspecified atom stereocenters. The van der Waals surface area contributed by atoms with E-state index in [1.807, 2.05) is 31.9 Å². The maximum absolute atomic E-state index is 12.7. The summed E-state index contributed by atoms with van der Waals surface area (Å²) in [5.41, 5.74) is 0.666. The lowest BCUT2D eigenvalue weighted by Crippen LogP contribution is -2.46.